The van der Waals surface area contributed by atoms with E-state index in [9.17, 15) is 9.90 Å². The first kappa shape index (κ1) is 16.3. The summed E-state index contributed by atoms with van der Waals surface area (Å²) in [5.41, 5.74) is 4.42. The van der Waals surface area contributed by atoms with Gasteiger partial charge in [0.05, 0.1) is 24.3 Å². The summed E-state index contributed by atoms with van der Waals surface area (Å²) in [6, 6.07) is 16.2. The molecule has 0 saturated heterocycles. The highest BCUT2D eigenvalue weighted by atomic mass is 16.3. The lowest BCUT2D eigenvalue weighted by atomic mass is 10.2. The van der Waals surface area contributed by atoms with E-state index in [1.807, 2.05) is 35.0 Å². The molecule has 0 atom stereocenters. The Kier molecular flexibility index (Phi) is 4.77. The fourth-order valence-corrected chi connectivity index (χ4v) is 2.62. The van der Waals surface area contributed by atoms with E-state index in [4.69, 9.17) is 5.26 Å². The molecule has 25 heavy (non-hydrogen) atoms. The van der Waals surface area contributed by atoms with Crippen LogP contribution in [0.15, 0.2) is 59.8 Å². The monoisotopic (exact) mass is 332 g/mol. The summed E-state index contributed by atoms with van der Waals surface area (Å²) in [6.07, 6.45) is 3.88. The van der Waals surface area contributed by atoms with Crippen LogP contribution in [0.25, 0.3) is 10.9 Å². The lowest BCUT2D eigenvalue weighted by molar-refractivity contribution is 0.0952. The number of aromatic nitrogens is 1. The van der Waals surface area contributed by atoms with Crippen molar-refractivity contribution in [2.45, 2.75) is 13.0 Å². The fraction of sp³-hybridized carbons (Fsp3) is 0.105. The van der Waals surface area contributed by atoms with Gasteiger partial charge in [-0.1, -0.05) is 30.3 Å². The van der Waals surface area contributed by atoms with Gasteiger partial charge in [0.15, 0.2) is 0 Å². The number of hydrogen-bond acceptors (Lipinski definition) is 4. The Balaban J connectivity index is 1.81. The van der Waals surface area contributed by atoms with E-state index in [0.29, 0.717) is 13.0 Å². The van der Waals surface area contributed by atoms with E-state index in [1.54, 1.807) is 18.3 Å². The van der Waals surface area contributed by atoms with Gasteiger partial charge in [-0.25, -0.2) is 5.43 Å². The summed E-state index contributed by atoms with van der Waals surface area (Å²) in [5.74, 6) is -0.578. The number of nitriles is 1. The molecule has 1 aromatic heterocycles. The Morgan fingerprint density at radius 3 is 2.80 bits per heavy atom. The van der Waals surface area contributed by atoms with Gasteiger partial charge in [0.1, 0.15) is 5.75 Å². The van der Waals surface area contributed by atoms with Crippen molar-refractivity contribution in [3.8, 4) is 11.8 Å². The number of aromatic hydroxyl groups is 1. The number of hydrogen-bond donors (Lipinski definition) is 2. The van der Waals surface area contributed by atoms with Gasteiger partial charge >= 0.3 is 0 Å². The van der Waals surface area contributed by atoms with Crippen molar-refractivity contribution < 1.29 is 9.90 Å². The lowest BCUT2D eigenvalue weighted by Crippen LogP contribution is -2.17. The number of hydrazone groups is 1. The van der Waals surface area contributed by atoms with Crippen molar-refractivity contribution >= 4 is 23.0 Å². The number of benzene rings is 2. The third-order valence-electron chi connectivity index (χ3n) is 3.80. The summed E-state index contributed by atoms with van der Waals surface area (Å²) in [7, 11) is 0. The van der Waals surface area contributed by atoms with Crippen LogP contribution in [0.3, 0.4) is 0 Å². The first-order valence-electron chi connectivity index (χ1n) is 7.77. The Morgan fingerprint density at radius 1 is 1.24 bits per heavy atom. The van der Waals surface area contributed by atoms with Crippen LogP contribution in [-0.4, -0.2) is 21.8 Å². The molecule has 0 radical (unpaired) electrons. The van der Waals surface area contributed by atoms with Crippen LogP contribution in [0.4, 0.5) is 0 Å². The Hall–Kier alpha value is -3.59. The average molecular weight is 332 g/mol. The summed E-state index contributed by atoms with van der Waals surface area (Å²) in [6.45, 7) is 0.592. The molecular formula is C19H16N4O2. The van der Waals surface area contributed by atoms with Crippen LogP contribution in [0.1, 0.15) is 22.3 Å². The van der Waals surface area contributed by atoms with Crippen molar-refractivity contribution in [3.63, 3.8) is 0 Å². The van der Waals surface area contributed by atoms with Crippen molar-refractivity contribution in [2.75, 3.05) is 0 Å². The van der Waals surface area contributed by atoms with Gasteiger partial charge in [-0.15, -0.1) is 0 Å². The summed E-state index contributed by atoms with van der Waals surface area (Å²) >= 11 is 0. The second kappa shape index (κ2) is 7.32. The first-order chi connectivity index (χ1) is 12.2. The fourth-order valence-electron chi connectivity index (χ4n) is 2.62. The summed E-state index contributed by atoms with van der Waals surface area (Å²) < 4.78 is 1.99. The molecule has 0 aliphatic heterocycles. The number of aryl methyl sites for hydroxylation is 1. The van der Waals surface area contributed by atoms with E-state index in [2.05, 4.69) is 16.6 Å². The quantitative estimate of drug-likeness (QED) is 0.556. The van der Waals surface area contributed by atoms with E-state index in [-0.39, 0.29) is 11.3 Å². The number of fused-ring (bicyclic) bond motifs is 1. The normalized spacial score (nSPS) is 10.8. The molecule has 6 nitrogen and oxygen atoms in total. The van der Waals surface area contributed by atoms with Crippen LogP contribution in [0.2, 0.25) is 0 Å². The van der Waals surface area contributed by atoms with Gasteiger partial charge in [0.25, 0.3) is 5.91 Å². The molecule has 0 bridgehead atoms. The third kappa shape index (κ3) is 3.51. The zero-order chi connectivity index (χ0) is 17.6. The molecular weight excluding hydrogens is 316 g/mol. The smallest absolute Gasteiger partial charge is 0.275 e. The SMILES string of the molecule is N#CCCn1cc(/C=N\NC(=O)c2ccccc2O)c2ccccc21. The van der Waals surface area contributed by atoms with Crippen LogP contribution in [0.5, 0.6) is 5.75 Å². The predicted octanol–water partition coefficient (Wildman–Crippen LogP) is 3.02. The molecule has 0 spiro atoms. The van der Waals surface area contributed by atoms with Crippen molar-refractivity contribution in [1.29, 1.82) is 5.26 Å². The van der Waals surface area contributed by atoms with E-state index < -0.39 is 5.91 Å². The molecule has 0 fully saturated rings. The topological polar surface area (TPSA) is 90.4 Å². The van der Waals surface area contributed by atoms with Crippen molar-refractivity contribution in [1.82, 2.24) is 9.99 Å². The second-order valence-corrected chi connectivity index (χ2v) is 5.42. The number of nitrogens with zero attached hydrogens (tertiary/aromatic N) is 3. The molecule has 2 aromatic carbocycles. The third-order valence-corrected chi connectivity index (χ3v) is 3.80. The maximum atomic E-state index is 12.0. The van der Waals surface area contributed by atoms with Gasteiger partial charge in [-0.05, 0) is 18.2 Å². The molecule has 0 unspecified atom stereocenters. The highest BCUT2D eigenvalue weighted by Crippen LogP contribution is 2.20. The lowest BCUT2D eigenvalue weighted by Gasteiger charge is -2.01. The van der Waals surface area contributed by atoms with Gasteiger partial charge < -0.3 is 9.67 Å². The van der Waals surface area contributed by atoms with E-state index >= 15 is 0 Å². The first-order valence-corrected chi connectivity index (χ1v) is 7.77. The molecule has 124 valence electrons. The van der Waals surface area contributed by atoms with Gasteiger partial charge in [-0.2, -0.15) is 10.4 Å². The number of carbonyl (C=O) groups excluding carboxylic acids is 1. The minimum absolute atomic E-state index is 0.0942. The highest BCUT2D eigenvalue weighted by molar-refractivity contribution is 6.01. The highest BCUT2D eigenvalue weighted by Gasteiger charge is 2.09. The zero-order valence-corrected chi connectivity index (χ0v) is 13.4. The minimum atomic E-state index is -0.484. The van der Waals surface area contributed by atoms with Crippen LogP contribution in [-0.2, 0) is 6.54 Å². The maximum absolute atomic E-state index is 12.0. The molecule has 2 N–H and O–H groups in total. The molecule has 3 aromatic rings. The number of carbonyl (C=O) groups is 1. The predicted molar refractivity (Wildman–Crippen MR) is 95.3 cm³/mol. The molecule has 0 aliphatic rings. The number of nitrogens with one attached hydrogen (secondary N) is 1. The number of para-hydroxylation sites is 2. The Bertz CT molecular complexity index is 982. The number of rotatable bonds is 5. The van der Waals surface area contributed by atoms with Gasteiger partial charge in [0.2, 0.25) is 0 Å². The van der Waals surface area contributed by atoms with Crippen LogP contribution in [0, 0.1) is 11.3 Å². The van der Waals surface area contributed by atoms with E-state index in [0.717, 1.165) is 16.5 Å². The number of phenols is 1. The largest absolute Gasteiger partial charge is 0.507 e. The number of amides is 1. The number of phenolic OH excluding ortho intramolecular Hbond substituents is 1. The maximum Gasteiger partial charge on any atom is 0.275 e. The summed E-state index contributed by atoms with van der Waals surface area (Å²) in [4.78, 5) is 12.0. The summed E-state index contributed by atoms with van der Waals surface area (Å²) in [5, 5.41) is 23.4. The Morgan fingerprint density at radius 2 is 2.00 bits per heavy atom. The molecule has 6 heteroatoms. The Labute approximate surface area is 144 Å². The zero-order valence-electron chi connectivity index (χ0n) is 13.4. The van der Waals surface area contributed by atoms with Crippen molar-refractivity contribution in [3.05, 3.63) is 65.9 Å². The van der Waals surface area contributed by atoms with Crippen LogP contribution >= 0.6 is 0 Å². The average Bonchev–Trinajstić information content (AvgIpc) is 2.98. The van der Waals surface area contributed by atoms with Gasteiger partial charge in [0, 0.05) is 29.2 Å². The second-order valence-electron chi connectivity index (χ2n) is 5.42. The molecule has 0 saturated carbocycles. The molecule has 1 heterocycles. The van der Waals surface area contributed by atoms with Crippen LogP contribution < -0.4 is 5.43 Å². The van der Waals surface area contributed by atoms with Gasteiger partial charge in [-0.3, -0.25) is 4.79 Å². The standard InChI is InChI=1S/C19H16N4O2/c20-10-5-11-23-13-14(15-6-1-3-8-17(15)23)12-21-22-19(25)16-7-2-4-9-18(16)24/h1-4,6-9,12-13,24H,5,11H2,(H,22,25)/b21-12-. The minimum Gasteiger partial charge on any atom is -0.507 e. The molecule has 1 amide bonds. The van der Waals surface area contributed by atoms with Crippen molar-refractivity contribution in [2.24, 2.45) is 5.10 Å². The van der Waals surface area contributed by atoms with E-state index in [1.165, 1.54) is 12.1 Å². The molecule has 0 aliphatic carbocycles. The molecule has 3 rings (SSSR count).